The van der Waals surface area contributed by atoms with E-state index >= 15 is 0 Å². The normalized spacial score (nSPS) is 11.8. The number of nitro groups is 1. The highest BCUT2D eigenvalue weighted by Gasteiger charge is 2.24. The van der Waals surface area contributed by atoms with Crippen molar-refractivity contribution in [1.29, 1.82) is 0 Å². The van der Waals surface area contributed by atoms with E-state index in [1.54, 1.807) is 12.1 Å². The minimum Gasteiger partial charge on any atom is -0.298 e. The molecule has 1 heterocycles. The Balaban J connectivity index is 1.87. The number of hydrogen-bond donors (Lipinski definition) is 1. The monoisotopic (exact) mass is 496 g/mol. The first-order chi connectivity index (χ1) is 15.2. The number of sulfonamides is 1. The average molecular weight is 497 g/mol. The molecule has 3 aromatic rings. The summed E-state index contributed by atoms with van der Waals surface area (Å²) >= 11 is 6.90. The van der Waals surface area contributed by atoms with Gasteiger partial charge in [0.05, 0.1) is 20.0 Å². The molecule has 0 aliphatic carbocycles. The van der Waals surface area contributed by atoms with Gasteiger partial charge in [0.1, 0.15) is 5.02 Å². The van der Waals surface area contributed by atoms with Crippen LogP contribution in [-0.2, 0) is 10.0 Å². The zero-order valence-electron chi connectivity index (χ0n) is 17.4. The van der Waals surface area contributed by atoms with Gasteiger partial charge in [0.25, 0.3) is 11.6 Å². The van der Waals surface area contributed by atoms with Crippen molar-refractivity contribution in [2.45, 2.75) is 31.6 Å². The van der Waals surface area contributed by atoms with Crippen molar-refractivity contribution in [3.05, 3.63) is 57.1 Å². The predicted molar refractivity (Wildman–Crippen MR) is 125 cm³/mol. The van der Waals surface area contributed by atoms with Gasteiger partial charge in [0.2, 0.25) is 10.0 Å². The third kappa shape index (κ3) is 5.07. The minimum absolute atomic E-state index is 0.0541. The fourth-order valence-electron chi connectivity index (χ4n) is 3.08. The van der Waals surface area contributed by atoms with Gasteiger partial charge in [-0.05, 0) is 43.2 Å². The van der Waals surface area contributed by atoms with E-state index in [9.17, 15) is 23.3 Å². The predicted octanol–water partition coefficient (Wildman–Crippen LogP) is 4.92. The summed E-state index contributed by atoms with van der Waals surface area (Å²) < 4.78 is 28.1. The molecular formula is C20H21ClN4O5S2. The summed E-state index contributed by atoms with van der Waals surface area (Å²) in [6.45, 7) is 4.72. The summed E-state index contributed by atoms with van der Waals surface area (Å²) in [6.07, 6.45) is 1.42. The molecule has 0 saturated carbocycles. The fourth-order valence-corrected chi connectivity index (χ4v) is 5.89. The molecule has 0 radical (unpaired) electrons. The third-order valence-electron chi connectivity index (χ3n) is 4.57. The van der Waals surface area contributed by atoms with Crippen molar-refractivity contribution in [3.8, 4) is 0 Å². The molecule has 0 saturated heterocycles. The number of aromatic nitrogens is 1. The Labute approximate surface area is 194 Å². The fraction of sp³-hybridized carbons (Fsp3) is 0.300. The second-order valence-electron chi connectivity index (χ2n) is 6.93. The lowest BCUT2D eigenvalue weighted by molar-refractivity contribution is -0.384. The van der Waals surface area contributed by atoms with Crippen LogP contribution in [-0.4, -0.2) is 41.6 Å². The lowest BCUT2D eigenvalue weighted by Gasteiger charge is -2.20. The third-order valence-corrected chi connectivity index (χ3v) is 7.72. The molecular weight excluding hydrogens is 476 g/mol. The molecule has 0 spiro atoms. The molecule has 0 fully saturated rings. The number of carbonyl (C=O) groups is 1. The standard InChI is InChI=1S/C20H21ClN4O5S2/c1-3-9-24(10-4-2)32(29,30)14-6-8-16-18(12-14)31-20(22-16)23-19(26)13-5-7-15(21)17(11-13)25(27)28/h5-8,11-12H,3-4,9-10H2,1-2H3,(H,22,23,26). The number of carbonyl (C=O) groups excluding carboxylic acids is 1. The molecule has 2 aromatic carbocycles. The molecule has 0 atom stereocenters. The Kier molecular flexibility index (Phi) is 7.44. The zero-order chi connectivity index (χ0) is 23.5. The van der Waals surface area contributed by atoms with Gasteiger partial charge in [0, 0.05) is 24.7 Å². The first kappa shape index (κ1) is 24.1. The van der Waals surface area contributed by atoms with Crippen LogP contribution in [0.4, 0.5) is 10.8 Å². The largest absolute Gasteiger partial charge is 0.298 e. The second-order valence-corrected chi connectivity index (χ2v) is 10.3. The van der Waals surface area contributed by atoms with E-state index in [1.807, 2.05) is 13.8 Å². The number of nitrogens with zero attached hydrogens (tertiary/aromatic N) is 3. The number of rotatable bonds is 9. The van der Waals surface area contributed by atoms with Gasteiger partial charge in [-0.25, -0.2) is 13.4 Å². The molecule has 0 aliphatic rings. The summed E-state index contributed by atoms with van der Waals surface area (Å²) in [7, 11) is -3.64. The Hall–Kier alpha value is -2.60. The van der Waals surface area contributed by atoms with Crippen molar-refractivity contribution >= 4 is 59.9 Å². The molecule has 0 unspecified atom stereocenters. The molecule has 1 N–H and O–H groups in total. The van der Waals surface area contributed by atoms with E-state index in [2.05, 4.69) is 10.3 Å². The summed E-state index contributed by atoms with van der Waals surface area (Å²) in [4.78, 5) is 27.4. The van der Waals surface area contributed by atoms with E-state index in [-0.39, 0.29) is 26.3 Å². The van der Waals surface area contributed by atoms with Gasteiger partial charge in [-0.3, -0.25) is 20.2 Å². The van der Waals surface area contributed by atoms with Crippen LogP contribution in [0.5, 0.6) is 0 Å². The van der Waals surface area contributed by atoms with Crippen molar-refractivity contribution in [1.82, 2.24) is 9.29 Å². The second kappa shape index (κ2) is 9.90. The average Bonchev–Trinajstić information content (AvgIpc) is 3.15. The van der Waals surface area contributed by atoms with Crippen molar-refractivity contribution in [2.24, 2.45) is 0 Å². The van der Waals surface area contributed by atoms with Crippen LogP contribution < -0.4 is 5.32 Å². The van der Waals surface area contributed by atoms with Crippen LogP contribution >= 0.6 is 22.9 Å². The number of halogens is 1. The first-order valence-electron chi connectivity index (χ1n) is 9.83. The molecule has 170 valence electrons. The molecule has 0 aliphatic heterocycles. The van der Waals surface area contributed by atoms with Gasteiger partial charge < -0.3 is 0 Å². The minimum atomic E-state index is -3.64. The van der Waals surface area contributed by atoms with Gasteiger partial charge in [0.15, 0.2) is 5.13 Å². The maximum Gasteiger partial charge on any atom is 0.288 e. The Morgan fingerprint density at radius 2 is 1.88 bits per heavy atom. The number of nitrogens with one attached hydrogen (secondary N) is 1. The van der Waals surface area contributed by atoms with Crippen molar-refractivity contribution in [2.75, 3.05) is 18.4 Å². The number of thiazole rings is 1. The van der Waals surface area contributed by atoms with Crippen LogP contribution in [0.25, 0.3) is 10.2 Å². The smallest absolute Gasteiger partial charge is 0.288 e. The topological polar surface area (TPSA) is 123 Å². The number of fused-ring (bicyclic) bond motifs is 1. The SMILES string of the molecule is CCCN(CCC)S(=O)(=O)c1ccc2nc(NC(=O)c3ccc(Cl)c([N+](=O)[O-])c3)sc2c1. The number of benzene rings is 2. The van der Waals surface area contributed by atoms with Crippen molar-refractivity contribution in [3.63, 3.8) is 0 Å². The lowest BCUT2D eigenvalue weighted by atomic mass is 10.2. The van der Waals surface area contributed by atoms with Crippen LogP contribution in [0.15, 0.2) is 41.3 Å². The highest BCUT2D eigenvalue weighted by Crippen LogP contribution is 2.30. The molecule has 32 heavy (non-hydrogen) atoms. The molecule has 1 aromatic heterocycles. The number of hydrogen-bond acceptors (Lipinski definition) is 7. The maximum atomic E-state index is 13.0. The highest BCUT2D eigenvalue weighted by atomic mass is 35.5. The van der Waals surface area contributed by atoms with E-state index in [0.29, 0.717) is 36.1 Å². The van der Waals surface area contributed by atoms with E-state index in [4.69, 9.17) is 11.6 Å². The summed E-state index contributed by atoms with van der Waals surface area (Å²) in [5.74, 6) is -0.589. The Bertz CT molecular complexity index is 1270. The highest BCUT2D eigenvalue weighted by molar-refractivity contribution is 7.89. The van der Waals surface area contributed by atoms with Gasteiger partial charge in [-0.1, -0.05) is 36.8 Å². The maximum absolute atomic E-state index is 13.0. The molecule has 3 rings (SSSR count). The number of anilines is 1. The first-order valence-corrected chi connectivity index (χ1v) is 12.5. The van der Waals surface area contributed by atoms with Crippen molar-refractivity contribution < 1.29 is 18.1 Å². The van der Waals surface area contributed by atoms with E-state index < -0.39 is 20.9 Å². The lowest BCUT2D eigenvalue weighted by Crippen LogP contribution is -2.32. The van der Waals surface area contributed by atoms with E-state index in [1.165, 1.54) is 22.5 Å². The summed E-state index contributed by atoms with van der Waals surface area (Å²) in [5.41, 5.74) is 0.212. The molecule has 1 amide bonds. The zero-order valence-corrected chi connectivity index (χ0v) is 19.8. The van der Waals surface area contributed by atoms with Crippen LogP contribution in [0.3, 0.4) is 0 Å². The quantitative estimate of drug-likeness (QED) is 0.331. The number of amides is 1. The summed E-state index contributed by atoms with van der Waals surface area (Å²) in [6, 6.07) is 8.39. The number of nitro benzene ring substituents is 1. The Morgan fingerprint density at radius 1 is 1.19 bits per heavy atom. The van der Waals surface area contributed by atoms with Crippen LogP contribution in [0.2, 0.25) is 5.02 Å². The van der Waals surface area contributed by atoms with E-state index in [0.717, 1.165) is 17.4 Å². The van der Waals surface area contributed by atoms with Crippen LogP contribution in [0.1, 0.15) is 37.0 Å². The van der Waals surface area contributed by atoms with Gasteiger partial charge in [-0.2, -0.15) is 4.31 Å². The van der Waals surface area contributed by atoms with Gasteiger partial charge >= 0.3 is 0 Å². The molecule has 0 bridgehead atoms. The summed E-state index contributed by atoms with van der Waals surface area (Å²) in [5, 5.41) is 13.8. The van der Waals surface area contributed by atoms with Crippen LogP contribution in [0, 0.1) is 10.1 Å². The molecule has 9 nitrogen and oxygen atoms in total. The van der Waals surface area contributed by atoms with Gasteiger partial charge in [-0.15, -0.1) is 0 Å². The molecule has 12 heteroatoms. The Morgan fingerprint density at radius 3 is 2.50 bits per heavy atom.